The van der Waals surface area contributed by atoms with Gasteiger partial charge in [-0.15, -0.1) is 0 Å². The Morgan fingerprint density at radius 1 is 0.944 bits per heavy atom. The molecule has 4 rings (SSSR count). The monoisotopic (exact) mass is 486 g/mol. The number of rotatable bonds is 6. The van der Waals surface area contributed by atoms with Crippen LogP contribution in [0.5, 0.6) is 0 Å². The van der Waals surface area contributed by atoms with Crippen LogP contribution in [0.15, 0.2) is 72.8 Å². The summed E-state index contributed by atoms with van der Waals surface area (Å²) >= 11 is 0. The number of hydrogen-bond donors (Lipinski definition) is 1. The number of piperazine rings is 1. The van der Waals surface area contributed by atoms with Gasteiger partial charge in [-0.05, 0) is 47.7 Å². The molecule has 0 aliphatic carbocycles. The molecular weight excluding hydrogens is 452 g/mol. The molecule has 0 aromatic heterocycles. The largest absolute Gasteiger partial charge is 0.373 e. The van der Waals surface area contributed by atoms with Crippen molar-refractivity contribution in [2.75, 3.05) is 36.4 Å². The third-order valence-corrected chi connectivity index (χ3v) is 6.78. The van der Waals surface area contributed by atoms with Crippen molar-refractivity contribution < 1.29 is 9.72 Å². The number of benzene rings is 3. The summed E-state index contributed by atoms with van der Waals surface area (Å²) in [5.41, 5.74) is 4.45. The fourth-order valence-electron chi connectivity index (χ4n) is 4.52. The van der Waals surface area contributed by atoms with Crippen LogP contribution < -0.4 is 10.2 Å². The molecule has 36 heavy (non-hydrogen) atoms. The first-order chi connectivity index (χ1) is 17.1. The van der Waals surface area contributed by atoms with Crippen molar-refractivity contribution in [3.05, 3.63) is 99.6 Å². The lowest BCUT2D eigenvalue weighted by molar-refractivity contribution is -0.384. The molecule has 1 saturated heterocycles. The van der Waals surface area contributed by atoms with Gasteiger partial charge < -0.3 is 15.1 Å². The van der Waals surface area contributed by atoms with Crippen LogP contribution in [0.4, 0.5) is 17.1 Å². The van der Waals surface area contributed by atoms with Crippen LogP contribution in [0.2, 0.25) is 0 Å². The summed E-state index contributed by atoms with van der Waals surface area (Å²) in [5, 5.41) is 15.0. The van der Waals surface area contributed by atoms with E-state index in [2.05, 4.69) is 31.0 Å². The van der Waals surface area contributed by atoms with Crippen LogP contribution >= 0.6 is 0 Å². The summed E-state index contributed by atoms with van der Waals surface area (Å²) in [5.74, 6) is 0.0397. The van der Waals surface area contributed by atoms with Crippen LogP contribution in [0, 0.1) is 10.1 Å². The number of hydrogen-bond acceptors (Lipinski definition) is 5. The third kappa shape index (κ3) is 5.67. The molecule has 0 bridgehead atoms. The summed E-state index contributed by atoms with van der Waals surface area (Å²) in [6.07, 6.45) is 0. The zero-order valence-electron chi connectivity index (χ0n) is 21.4. The molecule has 1 fully saturated rings. The molecule has 1 N–H and O–H groups in total. The predicted octanol–water partition coefficient (Wildman–Crippen LogP) is 6.03. The van der Waals surface area contributed by atoms with Crippen LogP contribution in [-0.2, 0) is 5.41 Å². The van der Waals surface area contributed by atoms with Gasteiger partial charge in [0.1, 0.15) is 5.69 Å². The van der Waals surface area contributed by atoms with E-state index in [1.807, 2.05) is 72.5 Å². The van der Waals surface area contributed by atoms with Crippen molar-refractivity contribution in [1.82, 2.24) is 4.90 Å². The molecule has 0 unspecified atom stereocenters. The Balaban J connectivity index is 1.44. The van der Waals surface area contributed by atoms with E-state index >= 15 is 0 Å². The molecule has 1 heterocycles. The van der Waals surface area contributed by atoms with E-state index in [0.29, 0.717) is 37.4 Å². The Hall–Kier alpha value is -3.87. The van der Waals surface area contributed by atoms with Gasteiger partial charge in [0.2, 0.25) is 0 Å². The van der Waals surface area contributed by atoms with Crippen LogP contribution in [0.1, 0.15) is 55.2 Å². The molecule has 0 radical (unpaired) electrons. The molecule has 188 valence electrons. The highest BCUT2D eigenvalue weighted by Gasteiger charge is 2.25. The second-order valence-corrected chi connectivity index (χ2v) is 10.3. The molecule has 3 aromatic carbocycles. The van der Waals surface area contributed by atoms with Crippen LogP contribution in [0.3, 0.4) is 0 Å². The third-order valence-electron chi connectivity index (χ3n) is 6.78. The second kappa shape index (κ2) is 10.4. The topological polar surface area (TPSA) is 78.7 Å². The molecule has 7 nitrogen and oxygen atoms in total. The molecule has 1 atom stereocenters. The molecule has 3 aromatic rings. The number of nitrogens with one attached hydrogen (secondary N) is 1. The minimum absolute atomic E-state index is 0.0397. The molecule has 1 aliphatic rings. The van der Waals surface area contributed by atoms with E-state index in [9.17, 15) is 14.9 Å². The Bertz CT molecular complexity index is 1210. The van der Waals surface area contributed by atoms with E-state index < -0.39 is 0 Å². The van der Waals surface area contributed by atoms with Gasteiger partial charge >= 0.3 is 0 Å². The maximum absolute atomic E-state index is 13.1. The predicted molar refractivity (Wildman–Crippen MR) is 145 cm³/mol. The molecular formula is C29H34N4O3. The quantitative estimate of drug-likeness (QED) is 0.340. The normalized spacial score (nSPS) is 14.9. The lowest BCUT2D eigenvalue weighted by atomic mass is 9.86. The fraction of sp³-hybridized carbons (Fsp3) is 0.345. The zero-order chi connectivity index (χ0) is 25.9. The Kier molecular flexibility index (Phi) is 7.29. The van der Waals surface area contributed by atoms with E-state index in [0.717, 1.165) is 11.3 Å². The van der Waals surface area contributed by atoms with Crippen molar-refractivity contribution in [2.24, 2.45) is 0 Å². The van der Waals surface area contributed by atoms with Gasteiger partial charge in [-0.2, -0.15) is 0 Å². The number of carbonyl (C=O) groups is 1. The van der Waals surface area contributed by atoms with E-state index in [1.54, 1.807) is 12.1 Å². The van der Waals surface area contributed by atoms with Crippen molar-refractivity contribution in [1.29, 1.82) is 0 Å². The van der Waals surface area contributed by atoms with Crippen molar-refractivity contribution in [3.63, 3.8) is 0 Å². The number of nitrogens with zero attached hydrogens (tertiary/aromatic N) is 3. The average Bonchev–Trinajstić information content (AvgIpc) is 2.88. The number of anilines is 2. The Labute approximate surface area is 212 Å². The summed E-state index contributed by atoms with van der Waals surface area (Å²) in [6, 6.07) is 22.9. The highest BCUT2D eigenvalue weighted by Crippen LogP contribution is 2.33. The minimum Gasteiger partial charge on any atom is -0.373 e. The summed E-state index contributed by atoms with van der Waals surface area (Å²) < 4.78 is 0. The smallest absolute Gasteiger partial charge is 0.292 e. The summed E-state index contributed by atoms with van der Waals surface area (Å²) in [4.78, 5) is 28.4. The molecule has 1 aliphatic heterocycles. The molecule has 7 heteroatoms. The lowest BCUT2D eigenvalue weighted by Crippen LogP contribution is -2.48. The van der Waals surface area contributed by atoms with Crippen LogP contribution in [0.25, 0.3) is 0 Å². The summed E-state index contributed by atoms with van der Waals surface area (Å²) in [7, 11) is 0. The van der Waals surface area contributed by atoms with Crippen molar-refractivity contribution >= 4 is 23.0 Å². The van der Waals surface area contributed by atoms with Gasteiger partial charge in [-0.25, -0.2) is 0 Å². The number of nitro groups is 1. The minimum atomic E-state index is -0.356. The molecule has 0 spiro atoms. The highest BCUT2D eigenvalue weighted by atomic mass is 16.6. The maximum Gasteiger partial charge on any atom is 0.292 e. The molecule has 1 amide bonds. The van der Waals surface area contributed by atoms with Gasteiger partial charge in [0.05, 0.1) is 4.92 Å². The van der Waals surface area contributed by atoms with Crippen molar-refractivity contribution in [2.45, 2.75) is 39.2 Å². The van der Waals surface area contributed by atoms with Crippen molar-refractivity contribution in [3.8, 4) is 0 Å². The zero-order valence-corrected chi connectivity index (χ0v) is 21.4. The highest BCUT2D eigenvalue weighted by molar-refractivity contribution is 5.94. The number of amides is 1. The first kappa shape index (κ1) is 25.2. The lowest BCUT2D eigenvalue weighted by Gasteiger charge is -2.36. The van der Waals surface area contributed by atoms with Crippen LogP contribution in [-0.4, -0.2) is 41.9 Å². The maximum atomic E-state index is 13.1. The Morgan fingerprint density at radius 2 is 1.58 bits per heavy atom. The van der Waals surface area contributed by atoms with E-state index in [-0.39, 0.29) is 28.0 Å². The van der Waals surface area contributed by atoms with Gasteiger partial charge in [-0.1, -0.05) is 63.2 Å². The Morgan fingerprint density at radius 3 is 2.17 bits per heavy atom. The van der Waals surface area contributed by atoms with Gasteiger partial charge in [0.15, 0.2) is 0 Å². The number of carbonyl (C=O) groups excluding carboxylic acids is 1. The van der Waals surface area contributed by atoms with Gasteiger partial charge in [0, 0.05) is 49.5 Å². The second-order valence-electron chi connectivity index (χ2n) is 10.3. The average molecular weight is 487 g/mol. The van der Waals surface area contributed by atoms with Gasteiger partial charge in [0.25, 0.3) is 11.6 Å². The van der Waals surface area contributed by atoms with E-state index in [4.69, 9.17) is 0 Å². The number of nitro benzene ring substituents is 1. The standard InChI is InChI=1S/C29H34N4O3/c1-21(22-8-6-5-7-9-22)30-26-20-25(14-15-27(26)33(35)36)31-16-18-32(19-17-31)28(34)23-10-12-24(13-11-23)29(2,3)4/h5-15,20-21,30H,16-19H2,1-4H3/t21-/m1/s1. The first-order valence-corrected chi connectivity index (χ1v) is 12.4. The SMILES string of the molecule is C[C@@H](Nc1cc(N2CCN(C(=O)c3ccc(C(C)(C)C)cc3)CC2)ccc1[N+](=O)[O-])c1ccccc1. The first-order valence-electron chi connectivity index (χ1n) is 12.4. The molecule has 0 saturated carbocycles. The summed E-state index contributed by atoms with van der Waals surface area (Å²) in [6.45, 7) is 11.0. The van der Waals surface area contributed by atoms with Gasteiger partial charge in [-0.3, -0.25) is 14.9 Å². The van der Waals surface area contributed by atoms with E-state index in [1.165, 1.54) is 5.56 Å². The fourth-order valence-corrected chi connectivity index (χ4v) is 4.52.